The molecule has 1 saturated carbocycles. The minimum Gasteiger partial charge on any atom is -0.462 e. The molecule has 5 heteroatoms. The van der Waals surface area contributed by atoms with Crippen LogP contribution < -0.4 is 0 Å². The molecule has 25 heavy (non-hydrogen) atoms. The van der Waals surface area contributed by atoms with Gasteiger partial charge in [0.1, 0.15) is 12.2 Å². The highest BCUT2D eigenvalue weighted by molar-refractivity contribution is 5.99. The third-order valence-electron chi connectivity index (χ3n) is 6.47. The number of ketones is 1. The monoisotopic (exact) mass is 346 g/mol. The van der Waals surface area contributed by atoms with Crippen LogP contribution in [0.15, 0.2) is 23.8 Å². The normalized spacial score (nSPS) is 43.3. The van der Waals surface area contributed by atoms with Gasteiger partial charge in [0.05, 0.1) is 11.3 Å². The Morgan fingerprint density at radius 3 is 2.68 bits per heavy atom. The first-order valence-corrected chi connectivity index (χ1v) is 8.98. The molecule has 2 aliphatic carbocycles. The van der Waals surface area contributed by atoms with Crippen molar-refractivity contribution in [1.29, 1.82) is 0 Å². The first kappa shape index (κ1) is 17.9. The molecule has 0 bridgehead atoms. The van der Waals surface area contributed by atoms with E-state index in [0.717, 1.165) is 0 Å². The minimum atomic E-state index is -0.856. The van der Waals surface area contributed by atoms with Crippen LogP contribution in [0, 0.1) is 29.1 Å². The van der Waals surface area contributed by atoms with Gasteiger partial charge < -0.3 is 9.47 Å². The average molecular weight is 346 g/mol. The molecule has 136 valence electrons. The summed E-state index contributed by atoms with van der Waals surface area (Å²) in [6.07, 6.45) is 4.91. The zero-order valence-corrected chi connectivity index (χ0v) is 15.4. The third kappa shape index (κ3) is 2.55. The zero-order valence-electron chi connectivity index (χ0n) is 15.4. The molecule has 0 aromatic rings. The second-order valence-electron chi connectivity index (χ2n) is 7.88. The topological polar surface area (TPSA) is 69.7 Å². The van der Waals surface area contributed by atoms with Crippen molar-refractivity contribution in [3.8, 4) is 0 Å². The molecular formula is C20H26O5. The Morgan fingerprint density at radius 2 is 2.04 bits per heavy atom. The van der Waals surface area contributed by atoms with E-state index in [1.165, 1.54) is 0 Å². The molecule has 0 unspecified atom stereocenters. The van der Waals surface area contributed by atoms with Crippen molar-refractivity contribution in [2.75, 3.05) is 0 Å². The number of hydrogen-bond acceptors (Lipinski definition) is 5. The van der Waals surface area contributed by atoms with Gasteiger partial charge in [0.25, 0.3) is 0 Å². The Bertz CT molecular complexity index is 676. The summed E-state index contributed by atoms with van der Waals surface area (Å²) in [6, 6.07) is 0. The van der Waals surface area contributed by atoms with E-state index in [2.05, 4.69) is 6.92 Å². The van der Waals surface area contributed by atoms with Crippen LogP contribution in [0.25, 0.3) is 0 Å². The van der Waals surface area contributed by atoms with E-state index in [0.29, 0.717) is 12.0 Å². The van der Waals surface area contributed by atoms with E-state index in [1.54, 1.807) is 32.9 Å². The van der Waals surface area contributed by atoms with Crippen molar-refractivity contribution < 1.29 is 23.9 Å². The molecule has 0 aromatic heterocycles. The molecule has 3 aliphatic rings. The van der Waals surface area contributed by atoms with Crippen LogP contribution in [0.5, 0.6) is 0 Å². The number of carbonyl (C=O) groups excluding carboxylic acids is 3. The zero-order chi connectivity index (χ0) is 18.5. The lowest BCUT2D eigenvalue weighted by atomic mass is 9.66. The summed E-state index contributed by atoms with van der Waals surface area (Å²) >= 11 is 0. The number of ether oxygens (including phenoxy) is 2. The minimum absolute atomic E-state index is 0.0276. The highest BCUT2D eigenvalue weighted by Gasteiger charge is 2.62. The fraction of sp³-hybridized carbons (Fsp3) is 0.650. The van der Waals surface area contributed by atoms with Crippen molar-refractivity contribution >= 4 is 17.7 Å². The number of hydrogen-bond donors (Lipinski definition) is 0. The molecule has 0 N–H and O–H groups in total. The molecule has 1 aliphatic heterocycles. The fourth-order valence-corrected chi connectivity index (χ4v) is 4.76. The van der Waals surface area contributed by atoms with Crippen molar-refractivity contribution in [2.24, 2.45) is 29.1 Å². The molecule has 1 saturated heterocycles. The summed E-state index contributed by atoms with van der Waals surface area (Å²) in [7, 11) is 0. The van der Waals surface area contributed by atoms with E-state index >= 15 is 0 Å². The van der Waals surface area contributed by atoms with Crippen molar-refractivity contribution in [1.82, 2.24) is 0 Å². The van der Waals surface area contributed by atoms with Crippen molar-refractivity contribution in [3.63, 3.8) is 0 Å². The second kappa shape index (κ2) is 6.11. The SMILES string of the molecule is C/C=C(/C)C(=O)O[C@@H]1[C@@H]2[C@H](C)C(=O)O[C@@H]2C[C@@H](C)[C@@H]2C=CC(=O)[C@@]12C. The highest BCUT2D eigenvalue weighted by atomic mass is 16.6. The summed E-state index contributed by atoms with van der Waals surface area (Å²) in [5, 5.41) is 0. The lowest BCUT2D eigenvalue weighted by Crippen LogP contribution is -2.50. The Kier molecular flexibility index (Phi) is 4.38. The van der Waals surface area contributed by atoms with Gasteiger partial charge in [0, 0.05) is 11.5 Å². The number of esters is 2. The maximum atomic E-state index is 12.8. The fourth-order valence-electron chi connectivity index (χ4n) is 4.76. The second-order valence-corrected chi connectivity index (χ2v) is 7.88. The van der Waals surface area contributed by atoms with Gasteiger partial charge in [0.15, 0.2) is 5.78 Å². The third-order valence-corrected chi connectivity index (χ3v) is 6.47. The van der Waals surface area contributed by atoms with Crippen LogP contribution in [0.2, 0.25) is 0 Å². The predicted octanol–water partition coefficient (Wildman–Crippen LogP) is 2.84. The van der Waals surface area contributed by atoms with Crippen LogP contribution in [-0.4, -0.2) is 29.9 Å². The Balaban J connectivity index is 2.07. The number of allylic oxidation sites excluding steroid dienone is 3. The van der Waals surface area contributed by atoms with E-state index in [9.17, 15) is 14.4 Å². The van der Waals surface area contributed by atoms with Gasteiger partial charge in [-0.05, 0) is 45.1 Å². The van der Waals surface area contributed by atoms with E-state index in [4.69, 9.17) is 9.47 Å². The molecule has 3 rings (SSSR count). The van der Waals surface area contributed by atoms with Gasteiger partial charge in [-0.3, -0.25) is 9.59 Å². The first-order chi connectivity index (χ1) is 11.7. The molecule has 0 spiro atoms. The van der Waals surface area contributed by atoms with Crippen LogP contribution in [0.3, 0.4) is 0 Å². The first-order valence-electron chi connectivity index (χ1n) is 8.98. The summed E-state index contributed by atoms with van der Waals surface area (Å²) in [4.78, 5) is 37.5. The molecule has 1 heterocycles. The molecule has 5 nitrogen and oxygen atoms in total. The van der Waals surface area contributed by atoms with E-state index in [1.807, 2.05) is 13.0 Å². The quantitative estimate of drug-likeness (QED) is 0.568. The van der Waals surface area contributed by atoms with Crippen LogP contribution in [0.1, 0.15) is 41.0 Å². The van der Waals surface area contributed by atoms with E-state index in [-0.39, 0.29) is 35.6 Å². The smallest absolute Gasteiger partial charge is 0.333 e. The largest absolute Gasteiger partial charge is 0.462 e. The number of rotatable bonds is 2. The average Bonchev–Trinajstić information content (AvgIpc) is 2.99. The summed E-state index contributed by atoms with van der Waals surface area (Å²) < 4.78 is 11.5. The maximum Gasteiger partial charge on any atom is 0.333 e. The molecule has 7 atom stereocenters. The van der Waals surface area contributed by atoms with E-state index < -0.39 is 23.4 Å². The molecular weight excluding hydrogens is 320 g/mol. The van der Waals surface area contributed by atoms with Crippen LogP contribution in [0.4, 0.5) is 0 Å². The van der Waals surface area contributed by atoms with Gasteiger partial charge in [0.2, 0.25) is 0 Å². The molecule has 0 amide bonds. The molecule has 0 aromatic carbocycles. The Hall–Kier alpha value is -1.91. The Morgan fingerprint density at radius 1 is 1.36 bits per heavy atom. The van der Waals surface area contributed by atoms with Crippen molar-refractivity contribution in [3.05, 3.63) is 23.8 Å². The van der Waals surface area contributed by atoms with Crippen molar-refractivity contribution in [2.45, 2.75) is 53.2 Å². The molecule has 0 radical (unpaired) electrons. The highest BCUT2D eigenvalue weighted by Crippen LogP contribution is 2.54. The lowest BCUT2D eigenvalue weighted by Gasteiger charge is -2.40. The van der Waals surface area contributed by atoms with Gasteiger partial charge in [-0.2, -0.15) is 0 Å². The van der Waals surface area contributed by atoms with Gasteiger partial charge >= 0.3 is 11.9 Å². The number of fused-ring (bicyclic) bond motifs is 2. The number of carbonyl (C=O) groups is 3. The summed E-state index contributed by atoms with van der Waals surface area (Å²) in [5.74, 6) is -1.32. The Labute approximate surface area is 148 Å². The molecule has 2 fully saturated rings. The van der Waals surface area contributed by atoms with Crippen LogP contribution >= 0.6 is 0 Å². The maximum absolute atomic E-state index is 12.8. The van der Waals surface area contributed by atoms with Gasteiger partial charge in [-0.15, -0.1) is 0 Å². The summed E-state index contributed by atoms with van der Waals surface area (Å²) in [6.45, 7) is 9.20. The standard InChI is InChI=1S/C20H26O5/c1-6-10(2)18(22)25-17-16-12(4)19(23)24-14(16)9-11(3)13-7-8-15(21)20(13,17)5/h6-8,11-14,16-17H,9H2,1-5H3/b10-6-/t11-,12+,13+,14-,16-,17-,20+/m1/s1. The summed E-state index contributed by atoms with van der Waals surface area (Å²) in [5.41, 5.74) is -0.365. The van der Waals surface area contributed by atoms with Crippen LogP contribution in [-0.2, 0) is 23.9 Å². The van der Waals surface area contributed by atoms with Gasteiger partial charge in [-0.25, -0.2) is 4.79 Å². The predicted molar refractivity (Wildman–Crippen MR) is 91.4 cm³/mol. The lowest BCUT2D eigenvalue weighted by molar-refractivity contribution is -0.163. The van der Waals surface area contributed by atoms with Gasteiger partial charge in [-0.1, -0.05) is 26.0 Å².